The van der Waals surface area contributed by atoms with Gasteiger partial charge in [0.25, 0.3) is 0 Å². The van der Waals surface area contributed by atoms with E-state index < -0.39 is 0 Å². The molecule has 1 aliphatic carbocycles. The van der Waals surface area contributed by atoms with Gasteiger partial charge >= 0.3 is 0 Å². The summed E-state index contributed by atoms with van der Waals surface area (Å²) in [4.78, 5) is 2.62. The van der Waals surface area contributed by atoms with Gasteiger partial charge in [0.05, 0.1) is 0 Å². The van der Waals surface area contributed by atoms with Crippen LogP contribution in [0, 0.1) is 11.8 Å². The van der Waals surface area contributed by atoms with Crippen molar-refractivity contribution >= 4 is 0 Å². The third-order valence-electron chi connectivity index (χ3n) is 4.31. The Kier molecular flexibility index (Phi) is 5.82. The molecule has 1 saturated carbocycles. The van der Waals surface area contributed by atoms with Gasteiger partial charge in [-0.15, -0.1) is 0 Å². The van der Waals surface area contributed by atoms with Crippen LogP contribution in [0.2, 0.25) is 0 Å². The monoisotopic (exact) mass is 225 g/mol. The van der Waals surface area contributed by atoms with Crippen molar-refractivity contribution in [1.29, 1.82) is 0 Å². The highest BCUT2D eigenvalue weighted by atomic mass is 15.2. The zero-order chi connectivity index (χ0) is 12.1. The van der Waals surface area contributed by atoms with Crippen LogP contribution in [0.4, 0.5) is 0 Å². The van der Waals surface area contributed by atoms with Crippen molar-refractivity contribution in [2.24, 2.45) is 11.8 Å². The molecule has 0 amide bonds. The molecule has 1 unspecified atom stereocenters. The summed E-state index contributed by atoms with van der Waals surface area (Å²) < 4.78 is 0. The summed E-state index contributed by atoms with van der Waals surface area (Å²) >= 11 is 0. The van der Waals surface area contributed by atoms with E-state index in [9.17, 15) is 0 Å². The second kappa shape index (κ2) is 6.64. The van der Waals surface area contributed by atoms with Crippen LogP contribution in [0.3, 0.4) is 0 Å². The highest BCUT2D eigenvalue weighted by Gasteiger charge is 2.30. The summed E-state index contributed by atoms with van der Waals surface area (Å²) in [7, 11) is 2.32. The maximum atomic E-state index is 2.62. The number of hydrogen-bond donors (Lipinski definition) is 0. The molecule has 96 valence electrons. The standard InChI is InChI=1S/C15H31N/c1-12(2)8-6-11-15(14-9-7-10-14)16(5)13(3)4/h12-15H,6-11H2,1-5H3. The SMILES string of the molecule is CC(C)CCCC(C1CCC1)N(C)C(C)C. The number of nitrogens with zero attached hydrogens (tertiary/aromatic N) is 1. The first kappa shape index (κ1) is 14.0. The Morgan fingerprint density at radius 2 is 1.69 bits per heavy atom. The summed E-state index contributed by atoms with van der Waals surface area (Å²) in [6, 6.07) is 1.55. The van der Waals surface area contributed by atoms with E-state index >= 15 is 0 Å². The van der Waals surface area contributed by atoms with Gasteiger partial charge in [0.15, 0.2) is 0 Å². The molecule has 1 aliphatic rings. The fourth-order valence-electron chi connectivity index (χ4n) is 2.71. The molecule has 0 aliphatic heterocycles. The molecule has 0 aromatic rings. The first-order valence-electron chi connectivity index (χ1n) is 7.24. The lowest BCUT2D eigenvalue weighted by Gasteiger charge is -2.41. The molecule has 0 spiro atoms. The van der Waals surface area contributed by atoms with E-state index in [0.717, 1.165) is 17.9 Å². The topological polar surface area (TPSA) is 3.24 Å². The van der Waals surface area contributed by atoms with Gasteiger partial charge in [0.1, 0.15) is 0 Å². The van der Waals surface area contributed by atoms with E-state index in [1.165, 1.54) is 38.5 Å². The van der Waals surface area contributed by atoms with Crippen molar-refractivity contribution in [3.8, 4) is 0 Å². The molecule has 1 fully saturated rings. The van der Waals surface area contributed by atoms with Crippen LogP contribution in [0.25, 0.3) is 0 Å². The maximum absolute atomic E-state index is 2.62. The average molecular weight is 225 g/mol. The van der Waals surface area contributed by atoms with Crippen molar-refractivity contribution in [2.45, 2.75) is 78.3 Å². The fourth-order valence-corrected chi connectivity index (χ4v) is 2.71. The van der Waals surface area contributed by atoms with Crippen molar-refractivity contribution in [3.05, 3.63) is 0 Å². The van der Waals surface area contributed by atoms with E-state index in [1.807, 2.05) is 0 Å². The van der Waals surface area contributed by atoms with Gasteiger partial charge in [0.2, 0.25) is 0 Å². The van der Waals surface area contributed by atoms with Crippen LogP contribution in [0.15, 0.2) is 0 Å². The van der Waals surface area contributed by atoms with Crippen molar-refractivity contribution in [1.82, 2.24) is 4.90 Å². The number of hydrogen-bond acceptors (Lipinski definition) is 1. The molecule has 1 atom stereocenters. The molecule has 0 saturated heterocycles. The van der Waals surface area contributed by atoms with Crippen LogP contribution in [-0.2, 0) is 0 Å². The third-order valence-corrected chi connectivity index (χ3v) is 4.31. The Hall–Kier alpha value is -0.0400. The lowest BCUT2D eigenvalue weighted by molar-refractivity contribution is 0.0846. The predicted molar refractivity (Wildman–Crippen MR) is 72.7 cm³/mol. The van der Waals surface area contributed by atoms with Gasteiger partial charge in [-0.3, -0.25) is 0 Å². The summed E-state index contributed by atoms with van der Waals surface area (Å²) in [6.07, 6.45) is 8.65. The minimum Gasteiger partial charge on any atom is -0.301 e. The van der Waals surface area contributed by atoms with E-state index in [-0.39, 0.29) is 0 Å². The van der Waals surface area contributed by atoms with Crippen LogP contribution in [0.1, 0.15) is 66.2 Å². The highest BCUT2D eigenvalue weighted by Crippen LogP contribution is 2.35. The zero-order valence-corrected chi connectivity index (χ0v) is 12.0. The van der Waals surface area contributed by atoms with E-state index in [4.69, 9.17) is 0 Å². The molecule has 0 aromatic heterocycles. The molecule has 16 heavy (non-hydrogen) atoms. The molecule has 0 heterocycles. The van der Waals surface area contributed by atoms with Crippen molar-refractivity contribution in [3.63, 3.8) is 0 Å². The maximum Gasteiger partial charge on any atom is 0.0123 e. The quantitative estimate of drug-likeness (QED) is 0.623. The molecular weight excluding hydrogens is 194 g/mol. The van der Waals surface area contributed by atoms with Crippen LogP contribution >= 0.6 is 0 Å². The van der Waals surface area contributed by atoms with Gasteiger partial charge in [-0.05, 0) is 52.0 Å². The summed E-state index contributed by atoms with van der Waals surface area (Å²) in [5, 5.41) is 0. The minimum atomic E-state index is 0.699. The fraction of sp³-hybridized carbons (Fsp3) is 1.00. The number of rotatable bonds is 7. The highest BCUT2D eigenvalue weighted by molar-refractivity contribution is 4.84. The lowest BCUT2D eigenvalue weighted by Crippen LogP contribution is -2.44. The first-order valence-corrected chi connectivity index (χ1v) is 7.24. The average Bonchev–Trinajstić information content (AvgIpc) is 2.11. The smallest absolute Gasteiger partial charge is 0.0123 e. The Labute approximate surface area is 103 Å². The minimum absolute atomic E-state index is 0.699. The zero-order valence-electron chi connectivity index (χ0n) is 12.0. The van der Waals surface area contributed by atoms with Crippen LogP contribution in [0.5, 0.6) is 0 Å². The molecule has 1 nitrogen and oxygen atoms in total. The molecular formula is C15H31N. The lowest BCUT2D eigenvalue weighted by atomic mass is 9.77. The summed E-state index contributed by atoms with van der Waals surface area (Å²) in [5.41, 5.74) is 0. The Balaban J connectivity index is 2.37. The molecule has 0 aromatic carbocycles. The normalized spacial score (nSPS) is 19.5. The van der Waals surface area contributed by atoms with E-state index in [1.54, 1.807) is 0 Å². The molecule has 1 heteroatoms. The third kappa shape index (κ3) is 4.08. The Bertz CT molecular complexity index is 182. The van der Waals surface area contributed by atoms with Gasteiger partial charge in [0, 0.05) is 12.1 Å². The van der Waals surface area contributed by atoms with E-state index in [0.29, 0.717) is 6.04 Å². The van der Waals surface area contributed by atoms with E-state index in [2.05, 4.69) is 39.6 Å². The predicted octanol–water partition coefficient (Wildman–Crippen LogP) is 4.32. The molecule has 0 radical (unpaired) electrons. The van der Waals surface area contributed by atoms with Gasteiger partial charge < -0.3 is 4.90 Å². The molecule has 1 rings (SSSR count). The van der Waals surface area contributed by atoms with Crippen molar-refractivity contribution in [2.75, 3.05) is 7.05 Å². The molecule has 0 N–H and O–H groups in total. The van der Waals surface area contributed by atoms with Gasteiger partial charge in [-0.2, -0.15) is 0 Å². The Morgan fingerprint density at radius 3 is 2.06 bits per heavy atom. The summed E-state index contributed by atoms with van der Waals surface area (Å²) in [6.45, 7) is 9.33. The Morgan fingerprint density at radius 1 is 1.06 bits per heavy atom. The van der Waals surface area contributed by atoms with Gasteiger partial charge in [-0.1, -0.05) is 33.1 Å². The summed E-state index contributed by atoms with van der Waals surface area (Å²) in [5.74, 6) is 1.87. The largest absolute Gasteiger partial charge is 0.301 e. The van der Waals surface area contributed by atoms with Crippen LogP contribution in [-0.4, -0.2) is 24.0 Å². The van der Waals surface area contributed by atoms with Crippen LogP contribution < -0.4 is 0 Å². The van der Waals surface area contributed by atoms with Crippen molar-refractivity contribution < 1.29 is 0 Å². The molecule has 0 bridgehead atoms. The second-order valence-electron chi connectivity index (χ2n) is 6.34. The first-order chi connectivity index (χ1) is 7.52. The second-order valence-corrected chi connectivity index (χ2v) is 6.34. The van der Waals surface area contributed by atoms with Gasteiger partial charge in [-0.25, -0.2) is 0 Å².